The highest BCUT2D eigenvalue weighted by molar-refractivity contribution is 5.93. The number of hydrogen-bond acceptors (Lipinski definition) is 4. The largest absolute Gasteiger partial charge is 0.480 e. The van der Waals surface area contributed by atoms with E-state index >= 15 is 0 Å². The van der Waals surface area contributed by atoms with Gasteiger partial charge in [0.05, 0.1) is 0 Å². The molecule has 7 heteroatoms. The lowest BCUT2D eigenvalue weighted by Crippen LogP contribution is -2.57. The number of urea groups is 1. The quantitative estimate of drug-likeness (QED) is 0.490. The Kier molecular flexibility index (Phi) is 3.83. The zero-order valence-corrected chi connectivity index (χ0v) is 8.78. The molecule has 0 bridgehead atoms. The zero-order chi connectivity index (χ0) is 12.2. The molecule has 1 saturated carbocycles. The Hall–Kier alpha value is -1.63. The van der Waals surface area contributed by atoms with Crippen molar-refractivity contribution in [3.05, 3.63) is 0 Å². The van der Waals surface area contributed by atoms with Crippen molar-refractivity contribution in [2.45, 2.75) is 31.2 Å². The van der Waals surface area contributed by atoms with Crippen molar-refractivity contribution in [2.75, 3.05) is 6.54 Å². The predicted molar refractivity (Wildman–Crippen MR) is 54.6 cm³/mol. The highest BCUT2D eigenvalue weighted by Crippen LogP contribution is 2.31. The van der Waals surface area contributed by atoms with Gasteiger partial charge in [-0.2, -0.15) is 0 Å². The number of carbonyl (C=O) groups is 3. The minimum atomic E-state index is -0.901. The van der Waals surface area contributed by atoms with Crippen molar-refractivity contribution >= 4 is 17.9 Å². The Balaban J connectivity index is 2.27. The molecule has 0 aromatic rings. The van der Waals surface area contributed by atoms with Gasteiger partial charge >= 0.3 is 12.0 Å². The number of rotatable bonds is 5. The molecule has 0 unspecified atom stereocenters. The Labute approximate surface area is 92.4 Å². The van der Waals surface area contributed by atoms with Crippen molar-refractivity contribution in [1.29, 1.82) is 0 Å². The molecule has 1 aliphatic rings. The van der Waals surface area contributed by atoms with E-state index in [1.54, 1.807) is 0 Å². The van der Waals surface area contributed by atoms with Gasteiger partial charge in [0.15, 0.2) is 0 Å². The second-order valence-electron chi connectivity index (χ2n) is 3.83. The molecule has 0 aliphatic heterocycles. The number of carboxylic acid groups (broad SMARTS) is 1. The maximum Gasteiger partial charge on any atom is 0.323 e. The van der Waals surface area contributed by atoms with Crippen LogP contribution in [0.5, 0.6) is 0 Å². The molecule has 5 N–H and O–H groups in total. The van der Waals surface area contributed by atoms with Crippen molar-refractivity contribution in [3.8, 4) is 0 Å². The van der Waals surface area contributed by atoms with Gasteiger partial charge in [0.1, 0.15) is 5.54 Å². The number of aliphatic carboxylic acids is 1. The van der Waals surface area contributed by atoms with Gasteiger partial charge in [0.25, 0.3) is 0 Å². The minimum Gasteiger partial charge on any atom is -0.480 e. The van der Waals surface area contributed by atoms with Crippen LogP contribution in [0.25, 0.3) is 0 Å². The van der Waals surface area contributed by atoms with E-state index in [4.69, 9.17) is 10.8 Å². The van der Waals surface area contributed by atoms with Gasteiger partial charge in [0.2, 0.25) is 5.91 Å². The second-order valence-corrected chi connectivity index (χ2v) is 3.83. The number of primary amides is 1. The van der Waals surface area contributed by atoms with Crippen LogP contribution in [0.1, 0.15) is 25.7 Å². The average molecular weight is 229 g/mol. The molecule has 0 atom stereocenters. The fraction of sp³-hybridized carbons (Fsp3) is 0.667. The maximum atomic E-state index is 11.0. The summed E-state index contributed by atoms with van der Waals surface area (Å²) in [5.74, 6) is -1.41. The summed E-state index contributed by atoms with van der Waals surface area (Å²) < 4.78 is 0. The van der Waals surface area contributed by atoms with Crippen molar-refractivity contribution in [1.82, 2.24) is 10.6 Å². The van der Waals surface area contributed by atoms with E-state index < -0.39 is 23.4 Å². The Morgan fingerprint density at radius 2 is 1.94 bits per heavy atom. The van der Waals surface area contributed by atoms with E-state index in [-0.39, 0.29) is 13.0 Å². The molecule has 7 nitrogen and oxygen atoms in total. The van der Waals surface area contributed by atoms with E-state index in [0.29, 0.717) is 12.8 Å². The predicted octanol–water partition coefficient (Wildman–Crippen LogP) is -0.832. The second kappa shape index (κ2) is 4.93. The first-order valence-electron chi connectivity index (χ1n) is 5.04. The molecule has 0 heterocycles. The molecule has 0 aromatic carbocycles. The van der Waals surface area contributed by atoms with E-state index in [9.17, 15) is 14.4 Å². The summed E-state index contributed by atoms with van der Waals surface area (Å²) in [6, 6.07) is -0.901. The third-order valence-electron chi connectivity index (χ3n) is 2.69. The molecule has 0 saturated heterocycles. The minimum absolute atomic E-state index is 0.0258. The van der Waals surface area contributed by atoms with E-state index in [1.165, 1.54) is 0 Å². The monoisotopic (exact) mass is 229 g/mol. The molecule has 0 radical (unpaired) electrons. The molecule has 90 valence electrons. The molecule has 1 rings (SSSR count). The van der Waals surface area contributed by atoms with Crippen LogP contribution in [0, 0.1) is 0 Å². The van der Waals surface area contributed by atoms with Crippen LogP contribution in [-0.4, -0.2) is 35.1 Å². The Morgan fingerprint density at radius 3 is 2.31 bits per heavy atom. The number of imide groups is 1. The average Bonchev–Trinajstić information content (AvgIpc) is 2.07. The summed E-state index contributed by atoms with van der Waals surface area (Å²) in [7, 11) is 0. The molecule has 16 heavy (non-hydrogen) atoms. The van der Waals surface area contributed by atoms with E-state index in [1.807, 2.05) is 5.32 Å². The SMILES string of the molecule is NC(=O)NC(=O)CCNC1(C(=O)O)CCC1. The number of amides is 3. The summed E-state index contributed by atoms with van der Waals surface area (Å²) in [5.41, 5.74) is 3.87. The number of nitrogens with two attached hydrogens (primary N) is 1. The third-order valence-corrected chi connectivity index (χ3v) is 2.69. The first-order valence-corrected chi connectivity index (χ1v) is 5.04. The van der Waals surface area contributed by atoms with Gasteiger partial charge in [-0.15, -0.1) is 0 Å². The van der Waals surface area contributed by atoms with Gasteiger partial charge in [-0.05, 0) is 19.3 Å². The smallest absolute Gasteiger partial charge is 0.323 e. The van der Waals surface area contributed by atoms with Gasteiger partial charge < -0.3 is 16.2 Å². The van der Waals surface area contributed by atoms with Gasteiger partial charge in [-0.25, -0.2) is 4.79 Å². The maximum absolute atomic E-state index is 11.0. The van der Waals surface area contributed by atoms with Crippen molar-refractivity contribution in [3.63, 3.8) is 0 Å². The van der Waals surface area contributed by atoms with Crippen LogP contribution >= 0.6 is 0 Å². The summed E-state index contributed by atoms with van der Waals surface area (Å²) in [6.07, 6.45) is 2.03. The van der Waals surface area contributed by atoms with Crippen LogP contribution in [-0.2, 0) is 9.59 Å². The normalized spacial score (nSPS) is 17.2. The Bertz CT molecular complexity index is 312. The number of hydrogen-bond donors (Lipinski definition) is 4. The molecular formula is C9H15N3O4. The Morgan fingerprint density at radius 1 is 1.31 bits per heavy atom. The van der Waals surface area contributed by atoms with Crippen LogP contribution in [0.2, 0.25) is 0 Å². The van der Waals surface area contributed by atoms with Gasteiger partial charge in [-0.1, -0.05) is 0 Å². The van der Waals surface area contributed by atoms with E-state index in [2.05, 4.69) is 5.32 Å². The standard InChI is InChI=1S/C9H15N3O4/c10-8(16)12-6(13)2-5-11-9(7(14)15)3-1-4-9/h11H,1-5H2,(H,14,15)(H3,10,12,13,16). The molecule has 0 spiro atoms. The lowest BCUT2D eigenvalue weighted by atomic mass is 9.77. The fourth-order valence-corrected chi connectivity index (χ4v) is 1.61. The van der Waals surface area contributed by atoms with Crippen LogP contribution < -0.4 is 16.4 Å². The number of nitrogens with one attached hydrogen (secondary N) is 2. The fourth-order valence-electron chi connectivity index (χ4n) is 1.61. The topological polar surface area (TPSA) is 122 Å². The summed E-state index contributed by atoms with van der Waals surface area (Å²) in [4.78, 5) is 32.3. The van der Waals surface area contributed by atoms with E-state index in [0.717, 1.165) is 6.42 Å². The molecular weight excluding hydrogens is 214 g/mol. The van der Waals surface area contributed by atoms with Crippen molar-refractivity contribution in [2.24, 2.45) is 5.73 Å². The zero-order valence-electron chi connectivity index (χ0n) is 8.78. The lowest BCUT2D eigenvalue weighted by molar-refractivity contribution is -0.149. The number of carbonyl (C=O) groups excluding carboxylic acids is 2. The van der Waals surface area contributed by atoms with Gasteiger partial charge in [-0.3, -0.25) is 14.9 Å². The molecule has 0 aromatic heterocycles. The molecule has 3 amide bonds. The van der Waals surface area contributed by atoms with Crippen LogP contribution in [0.3, 0.4) is 0 Å². The number of carboxylic acids is 1. The summed E-state index contributed by atoms with van der Waals surface area (Å²) in [6.45, 7) is 0.214. The first-order chi connectivity index (χ1) is 7.46. The highest BCUT2D eigenvalue weighted by atomic mass is 16.4. The third kappa shape index (κ3) is 2.93. The molecule has 1 aliphatic carbocycles. The van der Waals surface area contributed by atoms with Crippen molar-refractivity contribution < 1.29 is 19.5 Å². The summed E-state index contributed by atoms with van der Waals surface area (Å²) in [5, 5.41) is 13.7. The first kappa shape index (κ1) is 12.4. The highest BCUT2D eigenvalue weighted by Gasteiger charge is 2.43. The summed E-state index contributed by atoms with van der Waals surface area (Å²) >= 11 is 0. The lowest BCUT2D eigenvalue weighted by Gasteiger charge is -2.38. The van der Waals surface area contributed by atoms with Crippen LogP contribution in [0.4, 0.5) is 4.79 Å². The molecule has 1 fully saturated rings. The van der Waals surface area contributed by atoms with Gasteiger partial charge in [0, 0.05) is 13.0 Å². The van der Waals surface area contributed by atoms with Crippen LogP contribution in [0.15, 0.2) is 0 Å².